The number of H-pyrrole nitrogens is 1. The third-order valence-electron chi connectivity index (χ3n) is 4.77. The zero-order valence-electron chi connectivity index (χ0n) is 13.9. The molecule has 2 aromatic heterocycles. The van der Waals surface area contributed by atoms with Crippen molar-refractivity contribution in [3.8, 4) is 0 Å². The van der Waals surface area contributed by atoms with Crippen LogP contribution in [0.5, 0.6) is 0 Å². The molecule has 140 valence electrons. The molecule has 2 atom stereocenters. The number of amides is 1. The monoisotopic (exact) mass is 368 g/mol. The topological polar surface area (TPSA) is 71.9 Å². The van der Waals surface area contributed by atoms with Crippen LogP contribution in [-0.4, -0.2) is 33.3 Å². The molecule has 0 spiro atoms. The van der Waals surface area contributed by atoms with Gasteiger partial charge in [-0.25, -0.2) is 0 Å². The predicted molar refractivity (Wildman–Crippen MR) is 85.3 cm³/mol. The highest BCUT2D eigenvalue weighted by atomic mass is 19.4. The molecule has 4 rings (SSSR count). The summed E-state index contributed by atoms with van der Waals surface area (Å²) in [6.07, 6.45) is 1.85. The molecule has 26 heavy (non-hydrogen) atoms. The number of nitrogens with one attached hydrogen (secondary N) is 2. The minimum Gasteiger partial charge on any atom is -0.371 e. The molecule has 2 aliphatic rings. The summed E-state index contributed by atoms with van der Waals surface area (Å²) < 4.78 is 45.6. The van der Waals surface area contributed by atoms with Crippen LogP contribution >= 0.6 is 0 Å². The Labute approximate surface area is 147 Å². The lowest BCUT2D eigenvalue weighted by Gasteiger charge is -2.18. The number of rotatable bonds is 5. The number of alkyl halides is 3. The minimum atomic E-state index is -4.51. The van der Waals surface area contributed by atoms with E-state index in [1.165, 1.54) is 12.8 Å². The molecule has 3 heterocycles. The van der Waals surface area contributed by atoms with Gasteiger partial charge >= 0.3 is 6.18 Å². The Hall–Kier alpha value is -2.29. The second kappa shape index (κ2) is 6.46. The van der Waals surface area contributed by atoms with Crippen molar-refractivity contribution in [1.29, 1.82) is 0 Å². The number of aromatic nitrogens is 3. The summed E-state index contributed by atoms with van der Waals surface area (Å²) in [4.78, 5) is 14.4. The van der Waals surface area contributed by atoms with Gasteiger partial charge in [0.1, 0.15) is 17.5 Å². The van der Waals surface area contributed by atoms with Gasteiger partial charge in [-0.3, -0.25) is 9.48 Å². The van der Waals surface area contributed by atoms with Gasteiger partial charge in [0.25, 0.3) is 5.91 Å². The van der Waals surface area contributed by atoms with Crippen LogP contribution in [0.3, 0.4) is 0 Å². The van der Waals surface area contributed by atoms with Gasteiger partial charge in [-0.2, -0.15) is 18.3 Å². The van der Waals surface area contributed by atoms with Crippen LogP contribution in [0.2, 0.25) is 0 Å². The first-order valence-corrected chi connectivity index (χ1v) is 8.61. The number of carbonyl (C=O) groups excluding carboxylic acids is 1. The largest absolute Gasteiger partial charge is 0.431 e. The van der Waals surface area contributed by atoms with E-state index in [0.29, 0.717) is 18.9 Å². The molecular weight excluding hydrogens is 349 g/mol. The van der Waals surface area contributed by atoms with Crippen molar-refractivity contribution in [1.82, 2.24) is 20.1 Å². The molecule has 2 N–H and O–H groups in total. The first-order valence-electron chi connectivity index (χ1n) is 8.61. The standard InChI is InChI=1S/C17H19F3N4O2/c18-17(19,20)14-4-3-13(22-14)16(25)23-12-5-6-26-15(12)11-7-21-24(9-11)8-10-1-2-10/h3-4,7,9-10,12,15,22H,1-2,5-6,8H2,(H,23,25)/t12-,15+/m1/s1. The summed E-state index contributed by atoms with van der Waals surface area (Å²) in [5.41, 5.74) is -0.188. The fourth-order valence-electron chi connectivity index (χ4n) is 3.20. The van der Waals surface area contributed by atoms with E-state index in [9.17, 15) is 18.0 Å². The molecule has 6 nitrogen and oxygen atoms in total. The highest BCUT2D eigenvalue weighted by molar-refractivity contribution is 5.92. The Morgan fingerprint density at radius 3 is 2.85 bits per heavy atom. The second-order valence-corrected chi connectivity index (χ2v) is 6.88. The summed E-state index contributed by atoms with van der Waals surface area (Å²) in [5.74, 6) is 0.116. The maximum atomic E-state index is 12.7. The van der Waals surface area contributed by atoms with Crippen LogP contribution in [0, 0.1) is 5.92 Å². The fraction of sp³-hybridized carbons (Fsp3) is 0.529. The van der Waals surface area contributed by atoms with Gasteiger partial charge in [0.2, 0.25) is 0 Å². The molecule has 0 radical (unpaired) electrons. The van der Waals surface area contributed by atoms with Gasteiger partial charge in [0.15, 0.2) is 0 Å². The summed E-state index contributed by atoms with van der Waals surface area (Å²) in [5, 5.41) is 7.11. The number of hydrogen-bond acceptors (Lipinski definition) is 3. The van der Waals surface area contributed by atoms with Crippen LogP contribution in [-0.2, 0) is 17.5 Å². The first kappa shape index (κ1) is 17.1. The number of hydrogen-bond donors (Lipinski definition) is 2. The van der Waals surface area contributed by atoms with Crippen molar-refractivity contribution in [2.24, 2.45) is 5.92 Å². The molecule has 1 amide bonds. The van der Waals surface area contributed by atoms with E-state index < -0.39 is 17.8 Å². The third-order valence-corrected chi connectivity index (χ3v) is 4.77. The zero-order chi connectivity index (χ0) is 18.3. The van der Waals surface area contributed by atoms with Crippen LogP contribution in [0.25, 0.3) is 0 Å². The highest BCUT2D eigenvalue weighted by Crippen LogP contribution is 2.33. The number of nitrogens with zero attached hydrogens (tertiary/aromatic N) is 2. The predicted octanol–water partition coefficient (Wildman–Crippen LogP) is 2.90. The highest BCUT2D eigenvalue weighted by Gasteiger charge is 2.35. The molecule has 9 heteroatoms. The number of halogens is 3. The van der Waals surface area contributed by atoms with Crippen molar-refractivity contribution in [2.45, 2.75) is 44.1 Å². The lowest BCUT2D eigenvalue weighted by molar-refractivity contribution is -0.140. The molecule has 0 bridgehead atoms. The summed E-state index contributed by atoms with van der Waals surface area (Å²) in [7, 11) is 0. The Bertz CT molecular complexity index is 794. The normalized spacial score (nSPS) is 23.3. The van der Waals surface area contributed by atoms with E-state index in [2.05, 4.69) is 15.4 Å². The summed E-state index contributed by atoms with van der Waals surface area (Å²) in [6, 6.07) is 1.69. The first-order chi connectivity index (χ1) is 12.4. The van der Waals surface area contributed by atoms with Gasteiger partial charge in [0.05, 0.1) is 12.2 Å². The molecule has 1 saturated heterocycles. The average molecular weight is 368 g/mol. The number of carbonyl (C=O) groups is 1. The van der Waals surface area contributed by atoms with E-state index in [1.807, 2.05) is 10.9 Å². The van der Waals surface area contributed by atoms with Gasteiger partial charge in [-0.15, -0.1) is 0 Å². The quantitative estimate of drug-likeness (QED) is 0.852. The van der Waals surface area contributed by atoms with Crippen molar-refractivity contribution in [3.05, 3.63) is 41.5 Å². The lowest BCUT2D eigenvalue weighted by atomic mass is 10.1. The van der Waals surface area contributed by atoms with Gasteiger partial charge < -0.3 is 15.0 Å². The SMILES string of the molecule is O=C(N[C@@H]1CCO[C@H]1c1cnn(CC2CC2)c1)c1ccc(C(F)(F)F)[nH]1. The molecule has 2 fully saturated rings. The Balaban J connectivity index is 1.42. The van der Waals surface area contributed by atoms with Crippen LogP contribution < -0.4 is 5.32 Å². The van der Waals surface area contributed by atoms with Crippen molar-refractivity contribution >= 4 is 5.91 Å². The molecule has 1 aliphatic carbocycles. The molecule has 0 aromatic carbocycles. The van der Waals surface area contributed by atoms with E-state index in [-0.39, 0.29) is 17.8 Å². The molecule has 0 unspecified atom stereocenters. The van der Waals surface area contributed by atoms with E-state index in [0.717, 1.165) is 24.2 Å². The van der Waals surface area contributed by atoms with Crippen LogP contribution in [0.15, 0.2) is 24.5 Å². The Morgan fingerprint density at radius 2 is 2.15 bits per heavy atom. The number of ether oxygens (including phenoxy) is 1. The molecule has 1 saturated carbocycles. The second-order valence-electron chi connectivity index (χ2n) is 6.88. The van der Waals surface area contributed by atoms with Crippen LogP contribution in [0.1, 0.15) is 47.1 Å². The summed E-state index contributed by atoms with van der Waals surface area (Å²) in [6.45, 7) is 1.36. The zero-order valence-corrected chi connectivity index (χ0v) is 13.9. The van der Waals surface area contributed by atoms with Gasteiger partial charge in [-0.1, -0.05) is 0 Å². The van der Waals surface area contributed by atoms with E-state index >= 15 is 0 Å². The fourth-order valence-corrected chi connectivity index (χ4v) is 3.20. The van der Waals surface area contributed by atoms with Crippen molar-refractivity contribution in [3.63, 3.8) is 0 Å². The van der Waals surface area contributed by atoms with Crippen molar-refractivity contribution in [2.75, 3.05) is 6.61 Å². The Kier molecular flexibility index (Phi) is 4.26. The Morgan fingerprint density at radius 1 is 1.35 bits per heavy atom. The van der Waals surface area contributed by atoms with Gasteiger partial charge in [0, 0.05) is 24.9 Å². The smallest absolute Gasteiger partial charge is 0.371 e. The lowest BCUT2D eigenvalue weighted by Crippen LogP contribution is -2.37. The van der Waals surface area contributed by atoms with Gasteiger partial charge in [-0.05, 0) is 37.3 Å². The molecular formula is C17H19F3N4O2. The maximum Gasteiger partial charge on any atom is 0.431 e. The van der Waals surface area contributed by atoms with Crippen molar-refractivity contribution < 1.29 is 22.7 Å². The van der Waals surface area contributed by atoms with Crippen LogP contribution in [0.4, 0.5) is 13.2 Å². The average Bonchev–Trinajstić information content (AvgIpc) is 2.99. The summed E-state index contributed by atoms with van der Waals surface area (Å²) >= 11 is 0. The third kappa shape index (κ3) is 3.62. The van der Waals surface area contributed by atoms with E-state index in [4.69, 9.17) is 4.74 Å². The molecule has 2 aromatic rings. The molecule has 1 aliphatic heterocycles. The minimum absolute atomic E-state index is 0.118. The maximum absolute atomic E-state index is 12.7. The number of aromatic amines is 1. The van der Waals surface area contributed by atoms with E-state index in [1.54, 1.807) is 6.20 Å².